The number of halogens is 2. The molecule has 5 nitrogen and oxygen atoms in total. The fourth-order valence-electron chi connectivity index (χ4n) is 2.11. The van der Waals surface area contributed by atoms with Gasteiger partial charge in [-0.2, -0.15) is 0 Å². The molecule has 1 aromatic carbocycles. The van der Waals surface area contributed by atoms with Crippen LogP contribution >= 0.6 is 28.3 Å². The molecule has 0 fully saturated rings. The van der Waals surface area contributed by atoms with Crippen molar-refractivity contribution in [1.29, 1.82) is 0 Å². The second kappa shape index (κ2) is 9.71. The lowest BCUT2D eigenvalue weighted by atomic mass is 10.2. The first-order valence-corrected chi connectivity index (χ1v) is 8.13. The van der Waals surface area contributed by atoms with Crippen LogP contribution in [0, 0.1) is 6.92 Å². The molecule has 0 saturated heterocycles. The highest BCUT2D eigenvalue weighted by molar-refractivity contribution is 9.10. The third-order valence-electron chi connectivity index (χ3n) is 3.39. The Hall–Kier alpha value is -1.50. The lowest BCUT2D eigenvalue weighted by Gasteiger charge is -2.22. The monoisotopic (exact) mass is 416 g/mol. The van der Waals surface area contributed by atoms with Crippen LogP contribution in [0.25, 0.3) is 0 Å². The zero-order valence-corrected chi connectivity index (χ0v) is 16.3. The average Bonchev–Trinajstić information content (AvgIpc) is 2.93. The van der Waals surface area contributed by atoms with Gasteiger partial charge in [0.05, 0.1) is 6.04 Å². The number of rotatable bonds is 7. The van der Waals surface area contributed by atoms with E-state index in [4.69, 9.17) is 9.15 Å². The summed E-state index contributed by atoms with van der Waals surface area (Å²) in [7, 11) is 3.90. The summed E-state index contributed by atoms with van der Waals surface area (Å²) in [5.74, 6) is 2.19. The molecule has 1 N–H and O–H groups in total. The number of likely N-dealkylation sites (N-methyl/N-ethyl adjacent to an activating group) is 1. The number of nitrogens with one attached hydrogen (secondary N) is 1. The minimum absolute atomic E-state index is 0. The minimum atomic E-state index is -0.164. The number of carbonyl (C=O) groups excluding carboxylic acids is 1. The van der Waals surface area contributed by atoms with Gasteiger partial charge in [-0.05, 0) is 57.4 Å². The van der Waals surface area contributed by atoms with Gasteiger partial charge >= 0.3 is 0 Å². The number of nitrogens with zero attached hydrogens (tertiary/aromatic N) is 1. The second-order valence-electron chi connectivity index (χ2n) is 5.47. The zero-order chi connectivity index (χ0) is 16.8. The Labute approximate surface area is 156 Å². The van der Waals surface area contributed by atoms with E-state index in [0.29, 0.717) is 12.3 Å². The van der Waals surface area contributed by atoms with Gasteiger partial charge in [0.25, 0.3) is 5.91 Å². The van der Waals surface area contributed by atoms with Gasteiger partial charge in [0.15, 0.2) is 6.61 Å². The maximum atomic E-state index is 12.0. The smallest absolute Gasteiger partial charge is 0.258 e. The van der Waals surface area contributed by atoms with Crippen LogP contribution in [0.1, 0.15) is 17.6 Å². The molecule has 0 aliphatic rings. The fourth-order valence-corrected chi connectivity index (χ4v) is 2.38. The van der Waals surface area contributed by atoms with Crippen LogP contribution in [-0.4, -0.2) is 38.1 Å². The van der Waals surface area contributed by atoms with E-state index in [-0.39, 0.29) is 31.0 Å². The molecular formula is C17H22BrClN2O3. The molecule has 2 rings (SSSR count). The highest BCUT2D eigenvalue weighted by Gasteiger charge is 2.18. The Morgan fingerprint density at radius 2 is 1.92 bits per heavy atom. The fraction of sp³-hybridized carbons (Fsp3) is 0.353. The lowest BCUT2D eigenvalue weighted by molar-refractivity contribution is -0.123. The highest BCUT2D eigenvalue weighted by atomic mass is 79.9. The molecule has 0 bridgehead atoms. The minimum Gasteiger partial charge on any atom is -0.484 e. The van der Waals surface area contributed by atoms with Gasteiger partial charge in [-0.15, -0.1) is 12.4 Å². The van der Waals surface area contributed by atoms with Crippen LogP contribution in [0.15, 0.2) is 45.3 Å². The molecule has 0 radical (unpaired) electrons. The Morgan fingerprint density at radius 3 is 2.46 bits per heavy atom. The lowest BCUT2D eigenvalue weighted by Crippen LogP contribution is -2.36. The largest absolute Gasteiger partial charge is 0.484 e. The van der Waals surface area contributed by atoms with E-state index in [2.05, 4.69) is 21.2 Å². The van der Waals surface area contributed by atoms with Crippen molar-refractivity contribution in [2.45, 2.75) is 13.0 Å². The molecule has 0 aliphatic carbocycles. The standard InChI is InChI=1S/C17H21BrN2O3.ClH/c1-12-4-9-16(23-12)15(20(2)3)10-19-17(21)11-22-14-7-5-13(18)6-8-14;/h4-9,15H,10-11H2,1-3H3,(H,19,21);1H. The van der Waals surface area contributed by atoms with Crippen LogP contribution in [0.4, 0.5) is 0 Å². The van der Waals surface area contributed by atoms with E-state index in [1.54, 1.807) is 0 Å². The first-order chi connectivity index (χ1) is 11.0. The third kappa shape index (κ3) is 6.19. The highest BCUT2D eigenvalue weighted by Crippen LogP contribution is 2.20. The molecule has 0 spiro atoms. The molecular weight excluding hydrogens is 396 g/mol. The number of carbonyl (C=O) groups is 1. The Kier molecular flexibility index (Phi) is 8.31. The van der Waals surface area contributed by atoms with Crippen LogP contribution in [0.3, 0.4) is 0 Å². The van der Waals surface area contributed by atoms with Crippen molar-refractivity contribution < 1.29 is 13.9 Å². The predicted octanol–water partition coefficient (Wildman–Crippen LogP) is 3.57. The van der Waals surface area contributed by atoms with Crippen LogP contribution in [0.2, 0.25) is 0 Å². The normalized spacial score (nSPS) is 11.7. The number of hydrogen-bond acceptors (Lipinski definition) is 4. The molecule has 132 valence electrons. The van der Waals surface area contributed by atoms with Gasteiger partial charge in [0.2, 0.25) is 0 Å². The SMILES string of the molecule is Cc1ccc(C(CNC(=O)COc2ccc(Br)cc2)N(C)C)o1.Cl. The third-order valence-corrected chi connectivity index (χ3v) is 3.92. The summed E-state index contributed by atoms with van der Waals surface area (Å²) >= 11 is 3.36. The first-order valence-electron chi connectivity index (χ1n) is 7.33. The van der Waals surface area contributed by atoms with Gasteiger partial charge in [-0.1, -0.05) is 15.9 Å². The van der Waals surface area contributed by atoms with E-state index in [1.165, 1.54) is 0 Å². The van der Waals surface area contributed by atoms with Crippen molar-refractivity contribution in [3.05, 3.63) is 52.4 Å². The molecule has 24 heavy (non-hydrogen) atoms. The van der Waals surface area contributed by atoms with E-state index < -0.39 is 0 Å². The maximum absolute atomic E-state index is 12.0. The number of aryl methyl sites for hydroxylation is 1. The molecule has 1 aromatic heterocycles. The Morgan fingerprint density at radius 1 is 1.25 bits per heavy atom. The van der Waals surface area contributed by atoms with Crippen molar-refractivity contribution in [2.24, 2.45) is 0 Å². The van der Waals surface area contributed by atoms with Crippen molar-refractivity contribution >= 4 is 34.2 Å². The molecule has 7 heteroatoms. The van der Waals surface area contributed by atoms with Gasteiger partial charge < -0.3 is 14.5 Å². The predicted molar refractivity (Wildman–Crippen MR) is 99.8 cm³/mol. The van der Waals surface area contributed by atoms with Gasteiger partial charge in [0, 0.05) is 11.0 Å². The molecule has 0 aliphatic heterocycles. The molecule has 1 heterocycles. The second-order valence-corrected chi connectivity index (χ2v) is 6.39. The summed E-state index contributed by atoms with van der Waals surface area (Å²) in [4.78, 5) is 14.0. The molecule has 1 unspecified atom stereocenters. The van der Waals surface area contributed by atoms with E-state index in [0.717, 1.165) is 16.0 Å². The molecule has 1 amide bonds. The number of furan rings is 1. The van der Waals surface area contributed by atoms with Crippen molar-refractivity contribution in [3.63, 3.8) is 0 Å². The summed E-state index contributed by atoms with van der Waals surface area (Å²) in [6.07, 6.45) is 0. The maximum Gasteiger partial charge on any atom is 0.258 e. The first kappa shape index (κ1) is 20.5. The van der Waals surface area contributed by atoms with Crippen LogP contribution in [0.5, 0.6) is 5.75 Å². The van der Waals surface area contributed by atoms with E-state index >= 15 is 0 Å². The van der Waals surface area contributed by atoms with Crippen LogP contribution in [-0.2, 0) is 4.79 Å². The number of hydrogen-bond donors (Lipinski definition) is 1. The number of benzene rings is 1. The number of ether oxygens (including phenoxy) is 1. The molecule has 2 aromatic rings. The van der Waals surface area contributed by atoms with E-state index in [1.807, 2.05) is 62.3 Å². The topological polar surface area (TPSA) is 54.7 Å². The van der Waals surface area contributed by atoms with Crippen LogP contribution < -0.4 is 10.1 Å². The Bertz CT molecular complexity index is 644. The zero-order valence-electron chi connectivity index (χ0n) is 13.9. The van der Waals surface area contributed by atoms with Crippen molar-refractivity contribution in [3.8, 4) is 5.75 Å². The van der Waals surface area contributed by atoms with Gasteiger partial charge in [0.1, 0.15) is 17.3 Å². The molecule has 1 atom stereocenters. The summed E-state index contributed by atoms with van der Waals surface area (Å²) in [6.45, 7) is 2.35. The van der Waals surface area contributed by atoms with Gasteiger partial charge in [-0.3, -0.25) is 9.69 Å². The summed E-state index contributed by atoms with van der Waals surface area (Å²) in [6, 6.07) is 11.2. The van der Waals surface area contributed by atoms with Crippen molar-refractivity contribution in [1.82, 2.24) is 10.2 Å². The summed E-state index contributed by atoms with van der Waals surface area (Å²) in [5, 5.41) is 2.88. The average molecular weight is 418 g/mol. The van der Waals surface area contributed by atoms with E-state index in [9.17, 15) is 4.79 Å². The molecule has 0 saturated carbocycles. The van der Waals surface area contributed by atoms with Gasteiger partial charge in [-0.25, -0.2) is 0 Å². The number of amides is 1. The summed E-state index contributed by atoms with van der Waals surface area (Å²) < 4.78 is 12.1. The van der Waals surface area contributed by atoms with Crippen molar-refractivity contribution in [2.75, 3.05) is 27.2 Å². The Balaban J connectivity index is 0.00000288. The summed E-state index contributed by atoms with van der Waals surface area (Å²) in [5.41, 5.74) is 0. The quantitative estimate of drug-likeness (QED) is 0.748.